The molecule has 0 saturated carbocycles. The summed E-state index contributed by atoms with van der Waals surface area (Å²) < 4.78 is 69.8. The number of esters is 1. The van der Waals surface area contributed by atoms with Gasteiger partial charge in [0.05, 0.1) is 17.7 Å². The Kier molecular flexibility index (Phi) is 6.45. The molecule has 0 N–H and O–H groups in total. The molecule has 10 heteroatoms. The van der Waals surface area contributed by atoms with E-state index < -0.39 is 41.7 Å². The molecule has 1 aliphatic rings. The molecule has 1 aliphatic heterocycles. The van der Waals surface area contributed by atoms with Gasteiger partial charge in [-0.3, -0.25) is 4.79 Å². The highest BCUT2D eigenvalue weighted by Gasteiger charge is 2.25. The van der Waals surface area contributed by atoms with E-state index in [4.69, 9.17) is 0 Å². The van der Waals surface area contributed by atoms with Crippen LogP contribution in [0.25, 0.3) is 0 Å². The number of amides is 1. The molecule has 0 unspecified atom stereocenters. The number of carbonyl (C=O) groups is 2. The molecule has 5 nitrogen and oxygen atoms in total. The fraction of sp³-hybridized carbons (Fsp3) is 0.167. The molecule has 1 aromatic rings. The predicted molar refractivity (Wildman–Crippen MR) is 90.7 cm³/mol. The van der Waals surface area contributed by atoms with Gasteiger partial charge in [0, 0.05) is 5.71 Å². The molecular weight excluding hydrogens is 387 g/mol. The third-order valence-electron chi connectivity index (χ3n) is 3.45. The second-order valence-electron chi connectivity index (χ2n) is 5.55. The van der Waals surface area contributed by atoms with Gasteiger partial charge in [-0.1, -0.05) is 6.58 Å². The minimum Gasteiger partial charge on any atom is -0.417 e. The fourth-order valence-electron chi connectivity index (χ4n) is 2.14. The van der Waals surface area contributed by atoms with Crippen LogP contribution in [0.3, 0.4) is 0 Å². The summed E-state index contributed by atoms with van der Waals surface area (Å²) in [7, 11) is 0. The van der Waals surface area contributed by atoms with E-state index in [1.807, 2.05) is 0 Å². The lowest BCUT2D eigenvalue weighted by molar-refractivity contribution is -0.116. The van der Waals surface area contributed by atoms with Gasteiger partial charge in [-0.25, -0.2) is 27.4 Å². The minimum absolute atomic E-state index is 0.143. The highest BCUT2D eigenvalue weighted by atomic mass is 19.2. The van der Waals surface area contributed by atoms with Gasteiger partial charge < -0.3 is 4.74 Å². The van der Waals surface area contributed by atoms with Crippen LogP contribution in [0.2, 0.25) is 0 Å². The van der Waals surface area contributed by atoms with Crippen molar-refractivity contribution in [3.8, 4) is 0 Å². The van der Waals surface area contributed by atoms with Crippen LogP contribution < -0.4 is 5.01 Å². The lowest BCUT2D eigenvalue weighted by Gasteiger charge is -2.12. The van der Waals surface area contributed by atoms with Crippen LogP contribution in [0.4, 0.5) is 27.6 Å². The van der Waals surface area contributed by atoms with Gasteiger partial charge in [0.25, 0.3) is 5.91 Å². The molecule has 1 aromatic carbocycles. The normalized spacial score (nSPS) is 15.7. The van der Waals surface area contributed by atoms with E-state index in [0.717, 1.165) is 5.01 Å². The van der Waals surface area contributed by atoms with E-state index in [2.05, 4.69) is 16.4 Å². The number of hydrazone groups is 1. The van der Waals surface area contributed by atoms with E-state index in [-0.39, 0.29) is 17.9 Å². The first-order valence-electron chi connectivity index (χ1n) is 7.70. The molecule has 1 heterocycles. The molecule has 0 bridgehead atoms. The van der Waals surface area contributed by atoms with Crippen molar-refractivity contribution in [2.75, 3.05) is 11.7 Å². The topological polar surface area (TPSA) is 59.0 Å². The van der Waals surface area contributed by atoms with Crippen molar-refractivity contribution in [3.05, 3.63) is 65.5 Å². The van der Waals surface area contributed by atoms with Crippen LogP contribution in [-0.2, 0) is 9.53 Å². The van der Waals surface area contributed by atoms with Gasteiger partial charge in [0.1, 0.15) is 6.67 Å². The summed E-state index contributed by atoms with van der Waals surface area (Å²) in [5.74, 6) is -11.7. The second-order valence-corrected chi connectivity index (χ2v) is 5.55. The highest BCUT2D eigenvalue weighted by Crippen LogP contribution is 2.28. The van der Waals surface area contributed by atoms with E-state index in [1.54, 1.807) is 6.92 Å². The van der Waals surface area contributed by atoms with E-state index in [9.17, 15) is 31.5 Å². The van der Waals surface area contributed by atoms with Crippen LogP contribution in [0.15, 0.2) is 65.0 Å². The van der Waals surface area contributed by atoms with Crippen molar-refractivity contribution >= 4 is 23.3 Å². The molecule has 0 aromatic heterocycles. The van der Waals surface area contributed by atoms with E-state index >= 15 is 0 Å². The Morgan fingerprint density at radius 2 is 1.79 bits per heavy atom. The smallest absolute Gasteiger partial charge is 0.343 e. The third kappa shape index (κ3) is 4.51. The van der Waals surface area contributed by atoms with Gasteiger partial charge in [-0.05, 0) is 31.2 Å². The van der Waals surface area contributed by atoms with Crippen LogP contribution in [0, 0.1) is 0 Å². The quantitative estimate of drug-likeness (QED) is 0.300. The van der Waals surface area contributed by atoms with Crippen molar-refractivity contribution in [1.82, 2.24) is 0 Å². The zero-order valence-corrected chi connectivity index (χ0v) is 14.4. The summed E-state index contributed by atoms with van der Waals surface area (Å²) in [6.07, 6.45) is 0.143. The van der Waals surface area contributed by atoms with Crippen LogP contribution >= 0.6 is 0 Å². The molecule has 0 atom stereocenters. The summed E-state index contributed by atoms with van der Waals surface area (Å²) in [6.45, 7) is 2.35. The van der Waals surface area contributed by atoms with E-state index in [0.29, 0.717) is 11.4 Å². The molecule has 0 fully saturated rings. The molecule has 148 valence electrons. The number of rotatable bonds is 6. The van der Waals surface area contributed by atoms with Gasteiger partial charge in [0.15, 0.2) is 17.5 Å². The van der Waals surface area contributed by atoms with Crippen molar-refractivity contribution in [3.63, 3.8) is 0 Å². The number of benzene rings is 1. The van der Waals surface area contributed by atoms with Crippen molar-refractivity contribution in [2.24, 2.45) is 5.10 Å². The molecule has 0 spiro atoms. The number of halogens is 5. The number of hydrogen-bond acceptors (Lipinski definition) is 4. The number of hydrogen-bond donors (Lipinski definition) is 0. The van der Waals surface area contributed by atoms with Crippen molar-refractivity contribution < 1.29 is 36.3 Å². The standard InChI is InChI=1S/C18H13F5N2O3/c1-9-7-14(26)25(24-9)12-5-3-11(4-6-12)18(27)28-17(10(2)20)16(23)15(22)13(21)8-19/h3-6H,2,7-8H2,1H3/b15-13-,17-16-. The molecule has 1 amide bonds. The lowest BCUT2D eigenvalue weighted by atomic mass is 10.2. The maximum absolute atomic E-state index is 13.8. The average molecular weight is 400 g/mol. The minimum atomic E-state index is -2.35. The Hall–Kier alpha value is -3.30. The molecule has 0 aliphatic carbocycles. The number of anilines is 1. The summed E-state index contributed by atoms with van der Waals surface area (Å²) >= 11 is 0. The fourth-order valence-corrected chi connectivity index (χ4v) is 2.14. The van der Waals surface area contributed by atoms with Gasteiger partial charge in [0.2, 0.25) is 11.6 Å². The summed E-state index contributed by atoms with van der Waals surface area (Å²) in [4.78, 5) is 23.8. The number of alkyl halides is 1. The SMILES string of the molecule is C=C(F)/C(OC(=O)c1ccc(N2N=C(C)CC2=O)cc1)=C(F)\C(F)=C(\F)CF. The lowest BCUT2D eigenvalue weighted by Crippen LogP contribution is -2.19. The molecule has 0 saturated heterocycles. The summed E-state index contributed by atoms with van der Waals surface area (Å²) in [5, 5.41) is 5.12. The Bertz CT molecular complexity index is 920. The zero-order chi connectivity index (χ0) is 21.0. The summed E-state index contributed by atoms with van der Waals surface area (Å²) in [5.41, 5.74) is 0.697. The first-order chi connectivity index (χ1) is 13.1. The number of allylic oxidation sites excluding steroid dienone is 4. The molecular formula is C18H13F5N2O3. The zero-order valence-electron chi connectivity index (χ0n) is 14.4. The van der Waals surface area contributed by atoms with E-state index in [1.165, 1.54) is 24.3 Å². The monoisotopic (exact) mass is 400 g/mol. The first kappa shape index (κ1) is 21.0. The van der Waals surface area contributed by atoms with Crippen LogP contribution in [0.1, 0.15) is 23.7 Å². The number of ether oxygens (including phenoxy) is 1. The average Bonchev–Trinajstić information content (AvgIpc) is 3.01. The van der Waals surface area contributed by atoms with Crippen molar-refractivity contribution in [1.29, 1.82) is 0 Å². The maximum Gasteiger partial charge on any atom is 0.343 e. The first-order valence-corrected chi connectivity index (χ1v) is 7.70. The Morgan fingerprint density at radius 3 is 2.25 bits per heavy atom. The third-order valence-corrected chi connectivity index (χ3v) is 3.45. The Labute approximate surface area is 156 Å². The number of nitrogens with zero attached hydrogens (tertiary/aromatic N) is 2. The van der Waals surface area contributed by atoms with Gasteiger partial charge in [-0.2, -0.15) is 9.49 Å². The molecule has 28 heavy (non-hydrogen) atoms. The number of carbonyl (C=O) groups excluding carboxylic acids is 2. The second kappa shape index (κ2) is 8.59. The van der Waals surface area contributed by atoms with Gasteiger partial charge >= 0.3 is 5.97 Å². The highest BCUT2D eigenvalue weighted by molar-refractivity contribution is 6.12. The van der Waals surface area contributed by atoms with Crippen LogP contribution in [-0.4, -0.2) is 24.3 Å². The summed E-state index contributed by atoms with van der Waals surface area (Å²) in [6, 6.07) is 4.98. The van der Waals surface area contributed by atoms with Gasteiger partial charge in [-0.15, -0.1) is 0 Å². The van der Waals surface area contributed by atoms with Crippen LogP contribution in [0.5, 0.6) is 0 Å². The molecule has 2 rings (SSSR count). The Balaban J connectivity index is 2.25. The molecule has 0 radical (unpaired) electrons. The maximum atomic E-state index is 13.8. The largest absolute Gasteiger partial charge is 0.417 e. The van der Waals surface area contributed by atoms with Crippen molar-refractivity contribution in [2.45, 2.75) is 13.3 Å². The Morgan fingerprint density at radius 1 is 1.18 bits per heavy atom. The predicted octanol–water partition coefficient (Wildman–Crippen LogP) is 4.74.